The highest BCUT2D eigenvalue weighted by Gasteiger charge is 2.26. The summed E-state index contributed by atoms with van der Waals surface area (Å²) in [5.74, 6) is 0.589. The summed E-state index contributed by atoms with van der Waals surface area (Å²) in [6.45, 7) is 5.18. The number of carbonyl (C=O) groups excluding carboxylic acids is 1. The Balaban J connectivity index is 1.35. The van der Waals surface area contributed by atoms with E-state index in [9.17, 15) is 4.79 Å². The summed E-state index contributed by atoms with van der Waals surface area (Å²) in [6, 6.07) is 7.69. The summed E-state index contributed by atoms with van der Waals surface area (Å²) >= 11 is 5.25. The molecule has 0 unspecified atom stereocenters. The van der Waals surface area contributed by atoms with Crippen LogP contribution in [0.15, 0.2) is 34.1 Å². The van der Waals surface area contributed by atoms with Gasteiger partial charge in [0, 0.05) is 16.9 Å². The molecule has 1 saturated carbocycles. The number of benzene rings is 1. The number of thiazole rings is 1. The molecular weight excluding hydrogens is 424 g/mol. The van der Waals surface area contributed by atoms with Crippen molar-refractivity contribution in [2.45, 2.75) is 45.7 Å². The standard InChI is InChI=1S/C20H21BrN4OS/c1-12-18(21)13(2)25(24-12)10-14-3-5-15(6-4-14)19(26)22-9-17-11-27-20(23-17)16-7-8-16/h3-6,11,16H,7-10H2,1-2H3,(H,22,26). The van der Waals surface area contributed by atoms with E-state index in [1.54, 1.807) is 11.3 Å². The second-order valence-electron chi connectivity index (χ2n) is 6.97. The van der Waals surface area contributed by atoms with Crippen LogP contribution in [-0.2, 0) is 13.1 Å². The Morgan fingerprint density at radius 1 is 1.30 bits per heavy atom. The van der Waals surface area contributed by atoms with Gasteiger partial charge in [-0.3, -0.25) is 9.48 Å². The summed E-state index contributed by atoms with van der Waals surface area (Å²) in [5.41, 5.74) is 4.80. The summed E-state index contributed by atoms with van der Waals surface area (Å²) in [4.78, 5) is 17.0. The van der Waals surface area contributed by atoms with Gasteiger partial charge in [-0.25, -0.2) is 4.98 Å². The molecule has 0 atom stereocenters. The van der Waals surface area contributed by atoms with Gasteiger partial charge in [0.15, 0.2) is 0 Å². The van der Waals surface area contributed by atoms with Crippen molar-refractivity contribution in [3.8, 4) is 0 Å². The van der Waals surface area contributed by atoms with Gasteiger partial charge in [0.1, 0.15) is 0 Å². The summed E-state index contributed by atoms with van der Waals surface area (Å²) in [5, 5.41) is 10.7. The fourth-order valence-electron chi connectivity index (χ4n) is 2.96. The van der Waals surface area contributed by atoms with Crippen molar-refractivity contribution in [1.29, 1.82) is 0 Å². The minimum atomic E-state index is -0.0728. The Morgan fingerprint density at radius 2 is 2.04 bits per heavy atom. The van der Waals surface area contributed by atoms with E-state index in [0.29, 0.717) is 24.6 Å². The maximum Gasteiger partial charge on any atom is 0.251 e. The lowest BCUT2D eigenvalue weighted by molar-refractivity contribution is 0.0950. The minimum Gasteiger partial charge on any atom is -0.346 e. The zero-order chi connectivity index (χ0) is 19.0. The van der Waals surface area contributed by atoms with E-state index in [2.05, 4.69) is 31.3 Å². The predicted molar refractivity (Wildman–Crippen MR) is 110 cm³/mol. The summed E-state index contributed by atoms with van der Waals surface area (Å²) in [6.07, 6.45) is 2.50. The fraction of sp³-hybridized carbons (Fsp3) is 0.350. The third-order valence-corrected chi connectivity index (χ3v) is 6.97. The molecule has 1 aliphatic rings. The average Bonchev–Trinajstić information content (AvgIpc) is 3.37. The molecule has 2 aromatic heterocycles. The molecule has 1 N–H and O–H groups in total. The Hall–Kier alpha value is -1.99. The molecule has 1 fully saturated rings. The van der Waals surface area contributed by atoms with E-state index < -0.39 is 0 Å². The Morgan fingerprint density at radius 3 is 2.67 bits per heavy atom. The van der Waals surface area contributed by atoms with E-state index in [-0.39, 0.29) is 5.91 Å². The molecule has 0 bridgehead atoms. The van der Waals surface area contributed by atoms with Crippen molar-refractivity contribution in [1.82, 2.24) is 20.1 Å². The predicted octanol–water partition coefficient (Wildman–Crippen LogP) is 4.57. The maximum absolute atomic E-state index is 12.4. The maximum atomic E-state index is 12.4. The quantitative estimate of drug-likeness (QED) is 0.605. The Labute approximate surface area is 171 Å². The van der Waals surface area contributed by atoms with Gasteiger partial charge in [0.25, 0.3) is 5.91 Å². The highest BCUT2D eigenvalue weighted by molar-refractivity contribution is 9.10. The van der Waals surface area contributed by atoms with Gasteiger partial charge in [0.05, 0.1) is 39.7 Å². The normalized spacial score (nSPS) is 13.7. The number of nitrogens with zero attached hydrogens (tertiary/aromatic N) is 3. The first-order chi connectivity index (χ1) is 13.0. The molecule has 2 heterocycles. The van der Waals surface area contributed by atoms with Crippen LogP contribution in [0.1, 0.15) is 56.8 Å². The van der Waals surface area contributed by atoms with Gasteiger partial charge >= 0.3 is 0 Å². The van der Waals surface area contributed by atoms with Gasteiger partial charge in [0.2, 0.25) is 0 Å². The van der Waals surface area contributed by atoms with Crippen LogP contribution in [-0.4, -0.2) is 20.7 Å². The van der Waals surface area contributed by atoms with E-state index in [1.807, 2.05) is 48.2 Å². The number of hydrogen-bond acceptors (Lipinski definition) is 4. The highest BCUT2D eigenvalue weighted by Crippen LogP contribution is 2.41. The van der Waals surface area contributed by atoms with Crippen LogP contribution < -0.4 is 5.32 Å². The first-order valence-corrected chi connectivity index (χ1v) is 10.7. The van der Waals surface area contributed by atoms with Crippen molar-refractivity contribution in [2.75, 3.05) is 0 Å². The van der Waals surface area contributed by atoms with E-state index in [4.69, 9.17) is 0 Å². The zero-order valence-corrected chi connectivity index (χ0v) is 17.7. The lowest BCUT2D eigenvalue weighted by Gasteiger charge is -2.07. The first kappa shape index (κ1) is 18.4. The number of rotatable bonds is 6. The number of halogens is 1. The fourth-order valence-corrected chi connectivity index (χ4v) is 4.23. The van der Waals surface area contributed by atoms with Crippen LogP contribution >= 0.6 is 27.3 Å². The molecular formula is C20H21BrN4OS. The van der Waals surface area contributed by atoms with Crippen molar-refractivity contribution in [3.05, 3.63) is 67.3 Å². The number of aromatic nitrogens is 3. The van der Waals surface area contributed by atoms with Gasteiger partial charge in [-0.05, 0) is 60.3 Å². The molecule has 5 nitrogen and oxygen atoms in total. The molecule has 0 spiro atoms. The molecule has 7 heteroatoms. The number of nitrogens with one attached hydrogen (secondary N) is 1. The van der Waals surface area contributed by atoms with Crippen LogP contribution in [0.25, 0.3) is 0 Å². The second kappa shape index (κ2) is 7.56. The Bertz CT molecular complexity index is 973. The topological polar surface area (TPSA) is 59.8 Å². The second-order valence-corrected chi connectivity index (χ2v) is 8.66. The zero-order valence-electron chi connectivity index (χ0n) is 15.3. The smallest absolute Gasteiger partial charge is 0.251 e. The van der Waals surface area contributed by atoms with Crippen LogP contribution in [0.2, 0.25) is 0 Å². The van der Waals surface area contributed by atoms with Crippen molar-refractivity contribution < 1.29 is 4.79 Å². The first-order valence-electron chi connectivity index (χ1n) is 9.02. The number of hydrogen-bond donors (Lipinski definition) is 1. The molecule has 4 rings (SSSR count). The molecule has 0 aliphatic heterocycles. The van der Waals surface area contributed by atoms with Crippen LogP contribution in [0.3, 0.4) is 0 Å². The lowest BCUT2D eigenvalue weighted by Crippen LogP contribution is -2.23. The largest absolute Gasteiger partial charge is 0.346 e. The van der Waals surface area contributed by atoms with Crippen LogP contribution in [0.5, 0.6) is 0 Å². The van der Waals surface area contributed by atoms with Crippen molar-refractivity contribution in [3.63, 3.8) is 0 Å². The third-order valence-electron chi connectivity index (χ3n) is 4.77. The third kappa shape index (κ3) is 4.14. The summed E-state index contributed by atoms with van der Waals surface area (Å²) < 4.78 is 3.01. The molecule has 0 radical (unpaired) electrons. The minimum absolute atomic E-state index is 0.0728. The van der Waals surface area contributed by atoms with Gasteiger partial charge in [-0.1, -0.05) is 12.1 Å². The van der Waals surface area contributed by atoms with Crippen LogP contribution in [0, 0.1) is 13.8 Å². The average molecular weight is 445 g/mol. The van der Waals surface area contributed by atoms with Gasteiger partial charge < -0.3 is 5.32 Å². The van der Waals surface area contributed by atoms with Crippen molar-refractivity contribution in [2.24, 2.45) is 0 Å². The SMILES string of the molecule is Cc1nn(Cc2ccc(C(=O)NCc3csc(C4CC4)n3)cc2)c(C)c1Br. The van der Waals surface area contributed by atoms with E-state index in [1.165, 1.54) is 17.8 Å². The molecule has 0 saturated heterocycles. The van der Waals surface area contributed by atoms with E-state index >= 15 is 0 Å². The van der Waals surface area contributed by atoms with Gasteiger partial charge in [-0.15, -0.1) is 11.3 Å². The molecule has 1 amide bonds. The van der Waals surface area contributed by atoms with Crippen molar-refractivity contribution >= 4 is 33.2 Å². The molecule has 27 heavy (non-hydrogen) atoms. The molecule has 1 aromatic carbocycles. The summed E-state index contributed by atoms with van der Waals surface area (Å²) in [7, 11) is 0. The Kier molecular flexibility index (Phi) is 5.14. The highest BCUT2D eigenvalue weighted by atomic mass is 79.9. The molecule has 3 aromatic rings. The van der Waals surface area contributed by atoms with Crippen LogP contribution in [0.4, 0.5) is 0 Å². The number of amides is 1. The van der Waals surface area contributed by atoms with E-state index in [0.717, 1.165) is 27.1 Å². The monoisotopic (exact) mass is 444 g/mol. The number of carbonyl (C=O) groups is 1. The molecule has 1 aliphatic carbocycles. The lowest BCUT2D eigenvalue weighted by atomic mass is 10.1. The van der Waals surface area contributed by atoms with Gasteiger partial charge in [-0.2, -0.15) is 5.10 Å². The molecule has 140 valence electrons. The number of aryl methyl sites for hydroxylation is 1.